The molecule has 0 saturated heterocycles. The van der Waals surface area contributed by atoms with Gasteiger partial charge in [-0.25, -0.2) is 14.4 Å². The van der Waals surface area contributed by atoms with Gasteiger partial charge in [-0.3, -0.25) is 9.59 Å². The summed E-state index contributed by atoms with van der Waals surface area (Å²) in [6, 6.07) is 0. The van der Waals surface area contributed by atoms with Crippen LogP contribution in [0, 0.1) is 0 Å². The second-order valence-electron chi connectivity index (χ2n) is 6.52. The molecule has 12 nitrogen and oxygen atoms in total. The molecule has 33 heavy (non-hydrogen) atoms. The molecule has 0 aliphatic heterocycles. The van der Waals surface area contributed by atoms with Gasteiger partial charge in [0, 0.05) is 31.1 Å². The van der Waals surface area contributed by atoms with Gasteiger partial charge in [-0.2, -0.15) is 0 Å². The van der Waals surface area contributed by atoms with E-state index in [2.05, 4.69) is 33.9 Å². The van der Waals surface area contributed by atoms with Crippen LogP contribution < -0.4 is 0 Å². The van der Waals surface area contributed by atoms with E-state index in [1.54, 1.807) is 0 Å². The molecule has 3 N–H and O–H groups in total. The molecule has 0 radical (unpaired) electrons. The summed E-state index contributed by atoms with van der Waals surface area (Å²) in [5.41, 5.74) is 0. The summed E-state index contributed by atoms with van der Waals surface area (Å²) in [5.74, 6) is -4.35. The lowest BCUT2D eigenvalue weighted by Gasteiger charge is -2.20. The van der Waals surface area contributed by atoms with Crippen LogP contribution in [-0.4, -0.2) is 95.6 Å². The van der Waals surface area contributed by atoms with E-state index >= 15 is 0 Å². The van der Waals surface area contributed by atoms with Crippen molar-refractivity contribution in [1.82, 2.24) is 0 Å². The fourth-order valence-electron chi connectivity index (χ4n) is 2.13. The molecule has 0 aromatic carbocycles. The normalized spacial score (nSPS) is 14.0. The zero-order valence-electron chi connectivity index (χ0n) is 17.9. The van der Waals surface area contributed by atoms with Crippen LogP contribution in [0.5, 0.6) is 0 Å². The van der Waals surface area contributed by atoms with E-state index in [4.69, 9.17) is 4.74 Å². The van der Waals surface area contributed by atoms with Gasteiger partial charge in [0.15, 0.2) is 17.7 Å². The number of rotatable bonds is 18. The van der Waals surface area contributed by atoms with E-state index < -0.39 is 93.2 Å². The van der Waals surface area contributed by atoms with Crippen molar-refractivity contribution in [3.05, 3.63) is 38.0 Å². The number of hydrogen-bond donors (Lipinski definition) is 3. The van der Waals surface area contributed by atoms with Gasteiger partial charge in [0.25, 0.3) is 0 Å². The SMILES string of the molecule is C=CC(=O)OCC(O)COC(C(=O)CC(O)COC(=O)C=C)C(=O)CC(O)COC(=O)C=C. The number of aliphatic hydroxyl groups excluding tert-OH is 3. The number of aliphatic hydroxyl groups is 3. The Labute approximate surface area is 190 Å². The van der Waals surface area contributed by atoms with E-state index in [-0.39, 0.29) is 0 Å². The molecule has 0 saturated carbocycles. The molecular formula is C21H28O12. The second kappa shape index (κ2) is 16.4. The predicted octanol–water partition coefficient (Wildman–Crippen LogP) is -1.44. The third kappa shape index (κ3) is 13.7. The van der Waals surface area contributed by atoms with Crippen molar-refractivity contribution in [2.45, 2.75) is 37.3 Å². The average molecular weight is 472 g/mol. The standard InChI is InChI=1S/C21H28O12/c1-4-18(27)30-9-13(22)7-16(25)21(33-12-15(24)11-32-20(29)6-3)17(26)8-14(23)10-31-19(28)5-2/h4-6,13-15,21-24H,1-3,7-12H2. The third-order valence-corrected chi connectivity index (χ3v) is 3.67. The van der Waals surface area contributed by atoms with Gasteiger partial charge in [0.2, 0.25) is 0 Å². The summed E-state index contributed by atoms with van der Waals surface area (Å²) >= 11 is 0. The number of esters is 3. The molecule has 12 heteroatoms. The molecule has 0 aliphatic rings. The fraction of sp³-hybridized carbons (Fsp3) is 0.476. The van der Waals surface area contributed by atoms with Gasteiger partial charge < -0.3 is 34.3 Å². The van der Waals surface area contributed by atoms with Crippen LogP contribution in [0.3, 0.4) is 0 Å². The first-order valence-electron chi connectivity index (χ1n) is 9.62. The monoisotopic (exact) mass is 472 g/mol. The number of ketones is 2. The maximum atomic E-state index is 12.5. The largest absolute Gasteiger partial charge is 0.460 e. The first-order valence-corrected chi connectivity index (χ1v) is 9.62. The molecule has 0 spiro atoms. The summed E-state index contributed by atoms with van der Waals surface area (Å²) in [6.45, 7) is 7.28. The van der Waals surface area contributed by atoms with Gasteiger partial charge in [0.1, 0.15) is 25.9 Å². The Morgan fingerprint density at radius 1 is 0.606 bits per heavy atom. The van der Waals surface area contributed by atoms with Crippen LogP contribution in [0.25, 0.3) is 0 Å². The molecule has 0 bridgehead atoms. The lowest BCUT2D eigenvalue weighted by Crippen LogP contribution is -2.40. The topological polar surface area (TPSA) is 183 Å². The first-order chi connectivity index (χ1) is 15.5. The van der Waals surface area contributed by atoms with Gasteiger partial charge in [-0.1, -0.05) is 19.7 Å². The molecule has 0 rings (SSSR count). The second-order valence-corrected chi connectivity index (χ2v) is 6.52. The van der Waals surface area contributed by atoms with Crippen molar-refractivity contribution >= 4 is 29.5 Å². The number of carbonyl (C=O) groups excluding carboxylic acids is 5. The minimum atomic E-state index is -1.83. The molecule has 0 amide bonds. The molecule has 0 aromatic rings. The molecule has 0 fully saturated rings. The summed E-state index contributed by atoms with van der Waals surface area (Å²) in [6.07, 6.45) is -4.94. The Morgan fingerprint density at radius 3 is 1.27 bits per heavy atom. The molecule has 184 valence electrons. The van der Waals surface area contributed by atoms with Crippen LogP contribution >= 0.6 is 0 Å². The highest BCUT2D eigenvalue weighted by atomic mass is 16.6. The Balaban J connectivity index is 5.07. The maximum absolute atomic E-state index is 12.5. The van der Waals surface area contributed by atoms with Crippen LogP contribution in [0.1, 0.15) is 12.8 Å². The van der Waals surface area contributed by atoms with Crippen LogP contribution in [-0.2, 0) is 42.9 Å². The van der Waals surface area contributed by atoms with E-state index in [9.17, 15) is 39.3 Å². The number of carbonyl (C=O) groups is 5. The van der Waals surface area contributed by atoms with Gasteiger partial charge in [0.05, 0.1) is 18.8 Å². The Bertz CT molecular complexity index is 685. The lowest BCUT2D eigenvalue weighted by molar-refractivity contribution is -0.153. The minimum Gasteiger partial charge on any atom is -0.460 e. The highest BCUT2D eigenvalue weighted by Gasteiger charge is 2.31. The van der Waals surface area contributed by atoms with Crippen LogP contribution in [0.4, 0.5) is 0 Å². The van der Waals surface area contributed by atoms with Crippen molar-refractivity contribution < 1.29 is 58.2 Å². The summed E-state index contributed by atoms with van der Waals surface area (Å²) < 4.78 is 19.0. The Hall–Kier alpha value is -3.19. The fourth-order valence-corrected chi connectivity index (χ4v) is 2.13. The van der Waals surface area contributed by atoms with Crippen molar-refractivity contribution in [2.75, 3.05) is 26.4 Å². The zero-order valence-corrected chi connectivity index (χ0v) is 17.9. The Morgan fingerprint density at radius 2 is 0.939 bits per heavy atom. The van der Waals surface area contributed by atoms with E-state index in [1.807, 2.05) is 0 Å². The average Bonchev–Trinajstić information content (AvgIpc) is 2.79. The van der Waals surface area contributed by atoms with Crippen molar-refractivity contribution in [3.63, 3.8) is 0 Å². The van der Waals surface area contributed by atoms with Crippen LogP contribution in [0.2, 0.25) is 0 Å². The van der Waals surface area contributed by atoms with E-state index in [1.165, 1.54) is 0 Å². The van der Waals surface area contributed by atoms with Gasteiger partial charge in [-0.05, 0) is 0 Å². The predicted molar refractivity (Wildman–Crippen MR) is 110 cm³/mol. The van der Waals surface area contributed by atoms with Crippen molar-refractivity contribution in [1.29, 1.82) is 0 Å². The number of hydrogen-bond acceptors (Lipinski definition) is 12. The van der Waals surface area contributed by atoms with E-state index in [0.29, 0.717) is 0 Å². The van der Waals surface area contributed by atoms with Crippen molar-refractivity contribution in [2.24, 2.45) is 0 Å². The van der Waals surface area contributed by atoms with Gasteiger partial charge in [-0.15, -0.1) is 0 Å². The summed E-state index contributed by atoms with van der Waals surface area (Å²) in [4.78, 5) is 58.1. The lowest BCUT2D eigenvalue weighted by atomic mass is 10.0. The quantitative estimate of drug-likeness (QED) is 0.0915. The minimum absolute atomic E-state index is 0.514. The highest BCUT2D eigenvalue weighted by molar-refractivity contribution is 6.05. The number of ether oxygens (including phenoxy) is 4. The summed E-state index contributed by atoms with van der Waals surface area (Å²) in [7, 11) is 0. The maximum Gasteiger partial charge on any atom is 0.330 e. The van der Waals surface area contributed by atoms with Crippen LogP contribution in [0.15, 0.2) is 38.0 Å². The molecule has 3 unspecified atom stereocenters. The molecule has 0 aliphatic carbocycles. The molecule has 0 aromatic heterocycles. The molecular weight excluding hydrogens is 444 g/mol. The highest BCUT2D eigenvalue weighted by Crippen LogP contribution is 2.09. The first kappa shape index (κ1) is 29.8. The zero-order chi connectivity index (χ0) is 25.4. The van der Waals surface area contributed by atoms with E-state index in [0.717, 1.165) is 18.2 Å². The number of Topliss-reactive ketones (excluding diaryl/α,β-unsaturated/α-hetero) is 2. The molecule has 3 atom stereocenters. The molecule has 0 heterocycles. The van der Waals surface area contributed by atoms with Gasteiger partial charge >= 0.3 is 17.9 Å². The smallest absolute Gasteiger partial charge is 0.330 e. The Kier molecular flexibility index (Phi) is 14.9. The van der Waals surface area contributed by atoms with Crippen molar-refractivity contribution in [3.8, 4) is 0 Å². The third-order valence-electron chi connectivity index (χ3n) is 3.67. The summed E-state index contributed by atoms with van der Waals surface area (Å²) in [5, 5.41) is 29.6.